The molecule has 1 rings (SSSR count). The van der Waals surface area contributed by atoms with Gasteiger partial charge in [-0.15, -0.1) is 0 Å². The Morgan fingerprint density at radius 3 is 2.32 bits per heavy atom. The van der Waals surface area contributed by atoms with E-state index in [4.69, 9.17) is 10.5 Å². The first-order valence-electron chi connectivity index (χ1n) is 7.70. The molecule has 0 saturated heterocycles. The number of hydrogen-bond acceptors (Lipinski definition) is 6. The molecule has 3 amide bonds. The normalized spacial score (nSPS) is 13.1. The van der Waals surface area contributed by atoms with Crippen molar-refractivity contribution in [3.05, 3.63) is 29.8 Å². The third-order valence-corrected chi connectivity index (χ3v) is 4.59. The molecule has 4 N–H and O–H groups in total. The number of sulfonamides is 1. The monoisotopic (exact) mass is 425 g/mol. The summed E-state index contributed by atoms with van der Waals surface area (Å²) >= 11 is 0. The van der Waals surface area contributed by atoms with Crippen LogP contribution in [0.5, 0.6) is 0 Å². The first-order chi connectivity index (χ1) is 12.7. The number of nitrogens with two attached hydrogens (primary N) is 1. The average Bonchev–Trinajstić information content (AvgIpc) is 2.56. The summed E-state index contributed by atoms with van der Waals surface area (Å²) in [5.41, 5.74) is 4.51. The number of primary amides is 1. The molecule has 0 aliphatic rings. The molecule has 0 aliphatic carbocycles. The van der Waals surface area contributed by atoms with E-state index < -0.39 is 57.6 Å². The molecule has 0 aromatic heterocycles. The van der Waals surface area contributed by atoms with Crippen LogP contribution in [0.3, 0.4) is 0 Å². The van der Waals surface area contributed by atoms with Crippen molar-refractivity contribution in [2.24, 2.45) is 11.7 Å². The Morgan fingerprint density at radius 1 is 1.21 bits per heavy atom. The van der Waals surface area contributed by atoms with Crippen molar-refractivity contribution in [2.75, 3.05) is 6.54 Å². The summed E-state index contributed by atoms with van der Waals surface area (Å²) in [6.07, 6.45) is -6.18. The second-order valence-electron chi connectivity index (χ2n) is 5.89. The van der Waals surface area contributed by atoms with Crippen molar-refractivity contribution < 1.29 is 40.7 Å². The zero-order valence-corrected chi connectivity index (χ0v) is 15.6. The van der Waals surface area contributed by atoms with Crippen LogP contribution in [0.4, 0.5) is 18.0 Å². The maximum Gasteiger partial charge on any atom is 0.402 e. The molecule has 0 aliphatic heterocycles. The van der Waals surface area contributed by atoms with Gasteiger partial charge in [-0.05, 0) is 24.1 Å². The number of esters is 1. The number of carbonyl (C=O) groups is 3. The number of benzene rings is 1. The molecule has 0 fully saturated rings. The zero-order valence-electron chi connectivity index (χ0n) is 14.7. The van der Waals surface area contributed by atoms with Gasteiger partial charge in [0.05, 0.1) is 10.5 Å². The van der Waals surface area contributed by atoms with Crippen molar-refractivity contribution in [1.82, 2.24) is 10.0 Å². The van der Waals surface area contributed by atoms with Crippen LogP contribution in [0.15, 0.2) is 29.2 Å². The summed E-state index contributed by atoms with van der Waals surface area (Å²) in [5, 5.41) is 1.76. The summed E-state index contributed by atoms with van der Waals surface area (Å²) in [5.74, 6) is -2.67. The molecular weight excluding hydrogens is 407 g/mol. The molecule has 9 nitrogen and oxygen atoms in total. The lowest BCUT2D eigenvalue weighted by Gasteiger charge is -2.20. The van der Waals surface area contributed by atoms with E-state index in [1.807, 2.05) is 0 Å². The second-order valence-corrected chi connectivity index (χ2v) is 7.66. The van der Waals surface area contributed by atoms with E-state index >= 15 is 0 Å². The van der Waals surface area contributed by atoms with Crippen molar-refractivity contribution in [1.29, 1.82) is 0 Å². The van der Waals surface area contributed by atoms with E-state index in [9.17, 15) is 36.0 Å². The van der Waals surface area contributed by atoms with Gasteiger partial charge >= 0.3 is 18.2 Å². The van der Waals surface area contributed by atoms with Crippen molar-refractivity contribution in [3.63, 3.8) is 0 Å². The van der Waals surface area contributed by atoms with Gasteiger partial charge in [-0.1, -0.05) is 19.9 Å². The van der Waals surface area contributed by atoms with Crippen LogP contribution in [0, 0.1) is 5.92 Å². The Hall–Kier alpha value is -2.67. The fraction of sp³-hybridized carbons (Fsp3) is 0.400. The minimum Gasteiger partial charge on any atom is -0.448 e. The van der Waals surface area contributed by atoms with Gasteiger partial charge in [0.1, 0.15) is 6.54 Å². The molecular formula is C15H18F3N3O6S. The average molecular weight is 425 g/mol. The summed E-state index contributed by atoms with van der Waals surface area (Å²) in [4.78, 5) is 34.3. The fourth-order valence-corrected chi connectivity index (χ4v) is 2.98. The highest BCUT2D eigenvalue weighted by Gasteiger charge is 2.31. The number of carbonyl (C=O) groups excluding carboxylic acids is 3. The van der Waals surface area contributed by atoms with E-state index in [-0.39, 0.29) is 5.56 Å². The van der Waals surface area contributed by atoms with Gasteiger partial charge < -0.3 is 10.5 Å². The predicted octanol–water partition coefficient (Wildman–Crippen LogP) is 0.904. The Bertz CT molecular complexity index is 855. The van der Waals surface area contributed by atoms with Crippen LogP contribution in [-0.2, 0) is 19.6 Å². The van der Waals surface area contributed by atoms with E-state index in [2.05, 4.69) is 0 Å². The van der Waals surface area contributed by atoms with Gasteiger partial charge in [-0.3, -0.25) is 10.1 Å². The first kappa shape index (κ1) is 23.4. The number of ether oxygens (including phenoxy) is 1. The Kier molecular flexibility index (Phi) is 7.52. The van der Waals surface area contributed by atoms with Crippen LogP contribution < -0.4 is 15.8 Å². The molecule has 0 unspecified atom stereocenters. The van der Waals surface area contributed by atoms with Crippen molar-refractivity contribution >= 4 is 27.9 Å². The standard InChI is InChI=1S/C15H18F3N3O6S/c1-8(2)11(12(22)21-14(19)24)27-13(23)9-4-3-5-10(6-9)28(25,26)20-7-15(16,17)18/h3-6,8,11,20H,7H2,1-2H3,(H3,19,21,22,24)/t11-/m1/s1. The molecule has 28 heavy (non-hydrogen) atoms. The first-order valence-corrected chi connectivity index (χ1v) is 9.19. The lowest BCUT2D eigenvalue weighted by atomic mass is 10.1. The Balaban J connectivity index is 3.02. The number of halogens is 3. The lowest BCUT2D eigenvalue weighted by molar-refractivity contribution is -0.130. The third kappa shape index (κ3) is 7.15. The molecule has 13 heteroatoms. The highest BCUT2D eigenvalue weighted by Crippen LogP contribution is 2.17. The molecule has 0 saturated carbocycles. The Morgan fingerprint density at radius 2 is 1.82 bits per heavy atom. The number of imide groups is 1. The van der Waals surface area contributed by atoms with Gasteiger partial charge in [0.15, 0.2) is 6.10 Å². The minimum absolute atomic E-state index is 0.326. The number of amides is 3. The topological polar surface area (TPSA) is 145 Å². The van der Waals surface area contributed by atoms with Crippen LogP contribution >= 0.6 is 0 Å². The molecule has 0 heterocycles. The summed E-state index contributed by atoms with van der Waals surface area (Å²) in [7, 11) is -4.54. The minimum atomic E-state index is -4.76. The summed E-state index contributed by atoms with van der Waals surface area (Å²) < 4.78 is 66.9. The molecule has 1 aromatic carbocycles. The molecule has 1 atom stereocenters. The van der Waals surface area contributed by atoms with E-state index in [1.165, 1.54) is 18.6 Å². The van der Waals surface area contributed by atoms with E-state index in [0.717, 1.165) is 24.3 Å². The van der Waals surface area contributed by atoms with Crippen molar-refractivity contribution in [3.8, 4) is 0 Å². The quantitative estimate of drug-likeness (QED) is 0.554. The maximum atomic E-state index is 12.2. The highest BCUT2D eigenvalue weighted by molar-refractivity contribution is 7.89. The van der Waals surface area contributed by atoms with Crippen LogP contribution in [-0.4, -0.2) is 45.2 Å². The number of nitrogens with one attached hydrogen (secondary N) is 2. The van der Waals surface area contributed by atoms with Gasteiger partial charge in [0.25, 0.3) is 5.91 Å². The third-order valence-electron chi connectivity index (χ3n) is 3.19. The number of hydrogen-bond donors (Lipinski definition) is 3. The second kappa shape index (κ2) is 9.01. The maximum absolute atomic E-state index is 12.2. The van der Waals surface area contributed by atoms with E-state index in [1.54, 1.807) is 5.32 Å². The highest BCUT2D eigenvalue weighted by atomic mass is 32.2. The van der Waals surface area contributed by atoms with Gasteiger partial charge in [-0.25, -0.2) is 22.7 Å². The van der Waals surface area contributed by atoms with Gasteiger partial charge in [0, 0.05) is 0 Å². The van der Waals surface area contributed by atoms with Crippen molar-refractivity contribution in [2.45, 2.75) is 31.0 Å². The molecule has 0 bridgehead atoms. The van der Waals surface area contributed by atoms with Crippen LogP contribution in [0.1, 0.15) is 24.2 Å². The summed E-state index contributed by atoms with van der Waals surface area (Å²) in [6.45, 7) is 1.24. The fourth-order valence-electron chi connectivity index (χ4n) is 1.92. The van der Waals surface area contributed by atoms with Gasteiger partial charge in [0.2, 0.25) is 10.0 Å². The summed E-state index contributed by atoms with van der Waals surface area (Å²) in [6, 6.07) is 2.89. The van der Waals surface area contributed by atoms with Gasteiger partial charge in [-0.2, -0.15) is 13.2 Å². The number of rotatable bonds is 7. The number of urea groups is 1. The molecule has 1 aromatic rings. The number of alkyl halides is 3. The predicted molar refractivity (Wildman–Crippen MR) is 89.5 cm³/mol. The van der Waals surface area contributed by atoms with Crippen LogP contribution in [0.2, 0.25) is 0 Å². The van der Waals surface area contributed by atoms with Crippen LogP contribution in [0.25, 0.3) is 0 Å². The lowest BCUT2D eigenvalue weighted by Crippen LogP contribution is -2.45. The molecule has 0 radical (unpaired) electrons. The molecule has 156 valence electrons. The van der Waals surface area contributed by atoms with E-state index in [0.29, 0.717) is 0 Å². The Labute approximate surface area is 158 Å². The zero-order chi connectivity index (χ0) is 21.7. The largest absolute Gasteiger partial charge is 0.448 e. The smallest absolute Gasteiger partial charge is 0.402 e. The SMILES string of the molecule is CC(C)[C@@H](OC(=O)c1cccc(S(=O)(=O)NCC(F)(F)F)c1)C(=O)NC(N)=O. The molecule has 0 spiro atoms.